The van der Waals surface area contributed by atoms with Crippen LogP contribution < -0.4 is 5.73 Å². The van der Waals surface area contributed by atoms with Crippen molar-refractivity contribution in [3.8, 4) is 11.1 Å². The Balaban J connectivity index is 2.53. The molecular formula is C14H13ClFN. The maximum Gasteiger partial charge on any atom is 0.123 e. The van der Waals surface area contributed by atoms with Crippen molar-refractivity contribution in [1.29, 1.82) is 0 Å². The van der Waals surface area contributed by atoms with Crippen molar-refractivity contribution in [2.45, 2.75) is 13.5 Å². The quantitative estimate of drug-likeness (QED) is 0.858. The molecule has 2 aromatic rings. The van der Waals surface area contributed by atoms with E-state index < -0.39 is 0 Å². The normalized spacial score (nSPS) is 10.6. The van der Waals surface area contributed by atoms with Crippen LogP contribution in [0.3, 0.4) is 0 Å². The third-order valence-electron chi connectivity index (χ3n) is 2.77. The van der Waals surface area contributed by atoms with Crippen LogP contribution in [-0.2, 0) is 6.54 Å². The molecule has 2 rings (SSSR count). The summed E-state index contributed by atoms with van der Waals surface area (Å²) in [6, 6.07) is 10.4. The summed E-state index contributed by atoms with van der Waals surface area (Å²) in [5.74, 6) is -0.223. The van der Waals surface area contributed by atoms with E-state index >= 15 is 0 Å². The molecule has 0 unspecified atom stereocenters. The van der Waals surface area contributed by atoms with E-state index in [1.165, 1.54) is 12.1 Å². The summed E-state index contributed by atoms with van der Waals surface area (Å²) in [5, 5.41) is 0.663. The highest BCUT2D eigenvalue weighted by Crippen LogP contribution is 2.27. The van der Waals surface area contributed by atoms with E-state index in [0.29, 0.717) is 11.6 Å². The molecule has 0 aliphatic heterocycles. The molecular weight excluding hydrogens is 237 g/mol. The number of nitrogens with two attached hydrogens (primary N) is 1. The molecule has 1 nitrogen and oxygen atoms in total. The second-order valence-corrected chi connectivity index (χ2v) is 4.38. The summed E-state index contributed by atoms with van der Waals surface area (Å²) in [5.41, 5.74) is 9.41. The summed E-state index contributed by atoms with van der Waals surface area (Å²) in [4.78, 5) is 0. The summed E-state index contributed by atoms with van der Waals surface area (Å²) >= 11 is 6.01. The molecule has 0 saturated carbocycles. The van der Waals surface area contributed by atoms with Crippen molar-refractivity contribution in [3.05, 3.63) is 58.4 Å². The van der Waals surface area contributed by atoms with Crippen molar-refractivity contribution in [3.63, 3.8) is 0 Å². The topological polar surface area (TPSA) is 26.0 Å². The number of hydrogen-bond donors (Lipinski definition) is 1. The van der Waals surface area contributed by atoms with E-state index in [-0.39, 0.29) is 5.82 Å². The maximum absolute atomic E-state index is 13.0. The van der Waals surface area contributed by atoms with Crippen LogP contribution >= 0.6 is 11.6 Å². The van der Waals surface area contributed by atoms with E-state index in [1.807, 2.05) is 25.1 Å². The molecule has 0 saturated heterocycles. The Morgan fingerprint density at radius 2 is 1.94 bits per heavy atom. The fourth-order valence-electron chi connectivity index (χ4n) is 1.85. The van der Waals surface area contributed by atoms with Crippen LogP contribution in [0.1, 0.15) is 11.1 Å². The standard InChI is InChI=1S/C14H13ClFN/c1-9-6-12(16)3-4-13(9)10-2-5-14(15)11(7-10)8-17/h2-7H,8,17H2,1H3. The van der Waals surface area contributed by atoms with Gasteiger partial charge >= 0.3 is 0 Å². The molecule has 0 aromatic heterocycles. The van der Waals surface area contributed by atoms with Crippen LogP contribution in [0.5, 0.6) is 0 Å². The van der Waals surface area contributed by atoms with Crippen molar-refractivity contribution in [2.24, 2.45) is 5.73 Å². The number of hydrogen-bond acceptors (Lipinski definition) is 1. The molecule has 0 fully saturated rings. The monoisotopic (exact) mass is 249 g/mol. The van der Waals surface area contributed by atoms with E-state index in [2.05, 4.69) is 0 Å². The van der Waals surface area contributed by atoms with Crippen LogP contribution in [0.4, 0.5) is 4.39 Å². The number of rotatable bonds is 2. The molecule has 0 radical (unpaired) electrons. The molecule has 2 aromatic carbocycles. The third-order valence-corrected chi connectivity index (χ3v) is 3.13. The van der Waals surface area contributed by atoms with Crippen molar-refractivity contribution in [1.82, 2.24) is 0 Å². The number of halogens is 2. The molecule has 0 spiro atoms. The molecule has 0 aliphatic rings. The van der Waals surface area contributed by atoms with Crippen molar-refractivity contribution < 1.29 is 4.39 Å². The minimum absolute atomic E-state index is 0.223. The number of aryl methyl sites for hydroxylation is 1. The van der Waals surface area contributed by atoms with Gasteiger partial charge in [-0.3, -0.25) is 0 Å². The zero-order valence-corrected chi connectivity index (χ0v) is 10.3. The van der Waals surface area contributed by atoms with E-state index in [1.54, 1.807) is 6.07 Å². The Bertz CT molecular complexity index is 552. The molecule has 88 valence electrons. The lowest BCUT2D eigenvalue weighted by Crippen LogP contribution is -1.97. The van der Waals surface area contributed by atoms with Crippen LogP contribution in [-0.4, -0.2) is 0 Å². The minimum atomic E-state index is -0.223. The van der Waals surface area contributed by atoms with Gasteiger partial charge in [0.15, 0.2) is 0 Å². The zero-order valence-electron chi connectivity index (χ0n) is 9.50. The summed E-state index contributed by atoms with van der Waals surface area (Å²) < 4.78 is 13.0. The molecule has 0 atom stereocenters. The van der Waals surface area contributed by atoms with Crippen molar-refractivity contribution >= 4 is 11.6 Å². The lowest BCUT2D eigenvalue weighted by molar-refractivity contribution is 0.627. The van der Waals surface area contributed by atoms with Gasteiger partial charge in [0.25, 0.3) is 0 Å². The van der Waals surface area contributed by atoms with Gasteiger partial charge in [-0.05, 0) is 53.4 Å². The van der Waals surface area contributed by atoms with Gasteiger partial charge in [0.2, 0.25) is 0 Å². The highest BCUT2D eigenvalue weighted by molar-refractivity contribution is 6.31. The molecule has 0 bridgehead atoms. The molecule has 3 heteroatoms. The Morgan fingerprint density at radius 1 is 1.18 bits per heavy atom. The fourth-order valence-corrected chi connectivity index (χ4v) is 2.04. The summed E-state index contributed by atoms with van der Waals surface area (Å²) in [6.07, 6.45) is 0. The van der Waals surface area contributed by atoms with Gasteiger partial charge in [-0.15, -0.1) is 0 Å². The van der Waals surface area contributed by atoms with Gasteiger partial charge in [-0.25, -0.2) is 4.39 Å². The Labute approximate surface area is 105 Å². The van der Waals surface area contributed by atoms with Crippen LogP contribution in [0.25, 0.3) is 11.1 Å². The van der Waals surface area contributed by atoms with Crippen LogP contribution in [0.2, 0.25) is 5.02 Å². The maximum atomic E-state index is 13.0. The summed E-state index contributed by atoms with van der Waals surface area (Å²) in [7, 11) is 0. The third kappa shape index (κ3) is 2.48. The lowest BCUT2D eigenvalue weighted by atomic mass is 9.99. The second kappa shape index (κ2) is 4.86. The predicted molar refractivity (Wildman–Crippen MR) is 69.5 cm³/mol. The van der Waals surface area contributed by atoms with Gasteiger partial charge in [-0.2, -0.15) is 0 Å². The highest BCUT2D eigenvalue weighted by atomic mass is 35.5. The first-order valence-corrected chi connectivity index (χ1v) is 5.74. The van der Waals surface area contributed by atoms with Gasteiger partial charge in [0, 0.05) is 11.6 Å². The van der Waals surface area contributed by atoms with E-state index in [0.717, 1.165) is 22.3 Å². The SMILES string of the molecule is Cc1cc(F)ccc1-c1ccc(Cl)c(CN)c1. The van der Waals surface area contributed by atoms with Gasteiger partial charge in [0.1, 0.15) is 5.82 Å². The first-order valence-electron chi connectivity index (χ1n) is 5.37. The molecule has 0 heterocycles. The van der Waals surface area contributed by atoms with E-state index in [4.69, 9.17) is 17.3 Å². The molecule has 0 amide bonds. The van der Waals surface area contributed by atoms with Crippen molar-refractivity contribution in [2.75, 3.05) is 0 Å². The van der Waals surface area contributed by atoms with Gasteiger partial charge in [-0.1, -0.05) is 23.7 Å². The first-order chi connectivity index (χ1) is 8.11. The number of benzene rings is 2. The smallest absolute Gasteiger partial charge is 0.123 e. The van der Waals surface area contributed by atoms with Gasteiger partial charge < -0.3 is 5.73 Å². The molecule has 17 heavy (non-hydrogen) atoms. The predicted octanol–water partition coefficient (Wildman–Crippen LogP) is 3.91. The average Bonchev–Trinajstić information content (AvgIpc) is 2.30. The van der Waals surface area contributed by atoms with Crippen LogP contribution in [0.15, 0.2) is 36.4 Å². The largest absolute Gasteiger partial charge is 0.326 e. The molecule has 0 aliphatic carbocycles. The molecule has 2 N–H and O–H groups in total. The lowest BCUT2D eigenvalue weighted by Gasteiger charge is -2.09. The minimum Gasteiger partial charge on any atom is -0.326 e. The fraction of sp³-hybridized carbons (Fsp3) is 0.143. The Kier molecular flexibility index (Phi) is 3.46. The summed E-state index contributed by atoms with van der Waals surface area (Å²) in [6.45, 7) is 2.28. The zero-order chi connectivity index (χ0) is 12.4. The van der Waals surface area contributed by atoms with Crippen LogP contribution in [0, 0.1) is 12.7 Å². The highest BCUT2D eigenvalue weighted by Gasteiger charge is 2.06. The van der Waals surface area contributed by atoms with E-state index in [9.17, 15) is 4.39 Å². The Morgan fingerprint density at radius 3 is 2.59 bits per heavy atom. The van der Waals surface area contributed by atoms with Gasteiger partial charge in [0.05, 0.1) is 0 Å². The average molecular weight is 250 g/mol. The first kappa shape index (κ1) is 12.1. The second-order valence-electron chi connectivity index (χ2n) is 3.97. The Hall–Kier alpha value is -1.38.